The van der Waals surface area contributed by atoms with Gasteiger partial charge in [0.2, 0.25) is 0 Å². The number of anilines is 1. The normalized spacial score (nSPS) is 18.0. The number of carbonyl (C=O) groups is 1. The molecular formula is C17H20F2N6O2S. The zero-order valence-corrected chi connectivity index (χ0v) is 16.0. The van der Waals surface area contributed by atoms with Gasteiger partial charge in [-0.25, -0.2) is 18.8 Å². The van der Waals surface area contributed by atoms with Crippen LogP contribution in [0.5, 0.6) is 0 Å². The number of hydrogen-bond donors (Lipinski definition) is 2. The molecule has 0 aliphatic heterocycles. The first kappa shape index (κ1) is 18.9. The third kappa shape index (κ3) is 3.51. The Kier molecular flexibility index (Phi) is 4.66. The van der Waals surface area contributed by atoms with E-state index in [9.17, 15) is 17.8 Å². The van der Waals surface area contributed by atoms with E-state index in [1.165, 1.54) is 0 Å². The van der Waals surface area contributed by atoms with Crippen molar-refractivity contribution in [2.45, 2.75) is 56.5 Å². The molecule has 8 nitrogen and oxygen atoms in total. The van der Waals surface area contributed by atoms with E-state index >= 15 is 0 Å². The monoisotopic (exact) mass is 410 g/mol. The molecule has 3 N–H and O–H groups in total. The van der Waals surface area contributed by atoms with Crippen molar-refractivity contribution in [1.29, 1.82) is 0 Å². The summed E-state index contributed by atoms with van der Waals surface area (Å²) in [5.74, 6) is 0.413. The summed E-state index contributed by atoms with van der Waals surface area (Å²) in [7, 11) is -3.75. The summed E-state index contributed by atoms with van der Waals surface area (Å²) in [4.78, 5) is 17.2. The number of fused-ring (bicyclic) bond motifs is 1. The minimum Gasteiger partial charge on any atom is -0.305 e. The molecule has 0 saturated heterocycles. The van der Waals surface area contributed by atoms with Crippen molar-refractivity contribution < 1.29 is 17.8 Å². The Bertz CT molecular complexity index is 1070. The fraction of sp³-hybridized carbons (Fsp3) is 0.471. The number of aryl methyl sites for hydroxylation is 1. The van der Waals surface area contributed by atoms with Gasteiger partial charge in [0.25, 0.3) is 0 Å². The van der Waals surface area contributed by atoms with E-state index in [4.69, 9.17) is 10.1 Å². The molecule has 2 aromatic rings. The van der Waals surface area contributed by atoms with Crippen LogP contribution in [0.4, 0.5) is 19.3 Å². The first-order valence-electron chi connectivity index (χ1n) is 8.97. The van der Waals surface area contributed by atoms with Gasteiger partial charge in [-0.3, -0.25) is 4.98 Å². The topological polar surface area (TPSA) is 115 Å². The van der Waals surface area contributed by atoms with E-state index in [0.29, 0.717) is 16.3 Å². The highest BCUT2D eigenvalue weighted by Crippen LogP contribution is 2.44. The standard InChI is InChI=1S/C17H20F2N6O2S/c1-9-14(10-5-6-10)21-12-4-2-3-11(12)15(9)22-17(26)24-28(20,27)13-7-8-25(23-13)16(18)19/h7-8,10,16H,2-6H2,1H3,(H3,20,21,22,24,26,27)/t28-/m0/s1. The molecule has 0 radical (unpaired) electrons. The molecule has 2 aliphatic carbocycles. The number of carbonyl (C=O) groups excluding carboxylic acids is 1. The lowest BCUT2D eigenvalue weighted by atomic mass is 10.0. The molecular weight excluding hydrogens is 390 g/mol. The van der Waals surface area contributed by atoms with Crippen LogP contribution in [0.3, 0.4) is 0 Å². The first-order chi connectivity index (χ1) is 13.3. The lowest BCUT2D eigenvalue weighted by molar-refractivity contribution is 0.0554. The Balaban J connectivity index is 1.65. The Labute approximate surface area is 160 Å². The van der Waals surface area contributed by atoms with E-state index in [2.05, 4.69) is 14.8 Å². The first-order valence-corrected chi connectivity index (χ1v) is 10.6. The second kappa shape index (κ2) is 6.89. The number of rotatable bonds is 4. The van der Waals surface area contributed by atoms with Gasteiger partial charge in [0, 0.05) is 23.5 Å². The molecule has 0 spiro atoms. The Morgan fingerprint density at radius 2 is 2.18 bits per heavy atom. The third-order valence-corrected chi connectivity index (χ3v) is 6.26. The number of amides is 2. The number of aromatic nitrogens is 3. The van der Waals surface area contributed by atoms with E-state index < -0.39 is 22.5 Å². The predicted molar refractivity (Wildman–Crippen MR) is 98.5 cm³/mol. The predicted octanol–water partition coefficient (Wildman–Crippen LogP) is 3.28. The fourth-order valence-electron chi connectivity index (χ4n) is 3.51. The minimum absolute atomic E-state index is 0.303. The summed E-state index contributed by atoms with van der Waals surface area (Å²) in [6, 6.07) is 0.163. The molecule has 2 heterocycles. The summed E-state index contributed by atoms with van der Waals surface area (Å²) in [5, 5.41) is 11.4. The van der Waals surface area contributed by atoms with Crippen LogP contribution < -0.4 is 10.5 Å². The zero-order chi connectivity index (χ0) is 20.1. The Morgan fingerprint density at radius 1 is 1.43 bits per heavy atom. The van der Waals surface area contributed by atoms with Crippen molar-refractivity contribution in [3.63, 3.8) is 0 Å². The van der Waals surface area contributed by atoms with Gasteiger partial charge < -0.3 is 5.32 Å². The van der Waals surface area contributed by atoms with Gasteiger partial charge in [-0.2, -0.15) is 13.9 Å². The summed E-state index contributed by atoms with van der Waals surface area (Å²) < 4.78 is 41.7. The maximum absolute atomic E-state index is 12.6. The SMILES string of the molecule is Cc1c(C2CC2)nc2c(c1NC(=O)N=[S@](N)(=O)c1ccn(C(F)F)n1)CCC2. The van der Waals surface area contributed by atoms with Crippen LogP contribution in [0.25, 0.3) is 0 Å². The van der Waals surface area contributed by atoms with Crippen molar-refractivity contribution >= 4 is 21.6 Å². The minimum atomic E-state index is -3.75. The second-order valence-corrected chi connectivity index (χ2v) is 8.79. The van der Waals surface area contributed by atoms with E-state index in [1.807, 2.05) is 6.92 Å². The van der Waals surface area contributed by atoms with Gasteiger partial charge in [-0.05, 0) is 56.2 Å². The maximum Gasteiger partial charge on any atom is 0.354 e. The lowest BCUT2D eigenvalue weighted by Gasteiger charge is -2.15. The van der Waals surface area contributed by atoms with Crippen LogP contribution in [0, 0.1) is 6.92 Å². The van der Waals surface area contributed by atoms with Crippen LogP contribution in [-0.2, 0) is 22.8 Å². The van der Waals surface area contributed by atoms with Gasteiger partial charge in [0.05, 0.1) is 5.69 Å². The van der Waals surface area contributed by atoms with Crippen molar-refractivity contribution in [2.24, 2.45) is 9.50 Å². The maximum atomic E-state index is 12.6. The Morgan fingerprint density at radius 3 is 2.82 bits per heavy atom. The van der Waals surface area contributed by atoms with Crippen molar-refractivity contribution in [2.75, 3.05) is 5.32 Å². The van der Waals surface area contributed by atoms with Crippen LogP contribution >= 0.6 is 0 Å². The number of nitrogens with two attached hydrogens (primary N) is 1. The molecule has 2 aliphatic rings. The highest BCUT2D eigenvalue weighted by molar-refractivity contribution is 7.91. The number of pyridine rings is 1. The van der Waals surface area contributed by atoms with Crippen molar-refractivity contribution in [3.8, 4) is 0 Å². The third-order valence-electron chi connectivity index (χ3n) is 5.00. The second-order valence-electron chi connectivity index (χ2n) is 7.05. The van der Waals surface area contributed by atoms with Gasteiger partial charge >= 0.3 is 12.6 Å². The fourth-order valence-corrected chi connectivity index (χ4v) is 4.37. The van der Waals surface area contributed by atoms with Crippen molar-refractivity contribution in [3.05, 3.63) is 34.8 Å². The van der Waals surface area contributed by atoms with Crippen LogP contribution in [-0.4, -0.2) is 25.0 Å². The summed E-state index contributed by atoms with van der Waals surface area (Å²) in [6.45, 7) is -1.00. The molecule has 1 saturated carbocycles. The number of alkyl halides is 2. The van der Waals surface area contributed by atoms with Gasteiger partial charge in [0.15, 0.2) is 14.9 Å². The molecule has 11 heteroatoms. The van der Waals surface area contributed by atoms with Gasteiger partial charge in [-0.15, -0.1) is 4.36 Å². The average molecular weight is 410 g/mol. The van der Waals surface area contributed by atoms with Crippen LogP contribution in [0.1, 0.15) is 54.2 Å². The molecule has 1 atom stereocenters. The zero-order valence-electron chi connectivity index (χ0n) is 15.2. The van der Waals surface area contributed by atoms with E-state index in [0.717, 1.165) is 66.9 Å². The number of hydrogen-bond acceptors (Lipinski definition) is 4. The highest BCUT2D eigenvalue weighted by Gasteiger charge is 2.31. The van der Waals surface area contributed by atoms with E-state index in [1.54, 1.807) is 0 Å². The number of nitrogens with zero attached hydrogens (tertiary/aromatic N) is 4. The largest absolute Gasteiger partial charge is 0.354 e. The highest BCUT2D eigenvalue weighted by atomic mass is 32.2. The smallest absolute Gasteiger partial charge is 0.305 e. The molecule has 1 fully saturated rings. The summed E-state index contributed by atoms with van der Waals surface area (Å²) >= 11 is 0. The van der Waals surface area contributed by atoms with Crippen molar-refractivity contribution in [1.82, 2.24) is 14.8 Å². The molecule has 4 rings (SSSR count). The van der Waals surface area contributed by atoms with Gasteiger partial charge in [-0.1, -0.05) is 0 Å². The molecule has 2 aromatic heterocycles. The number of halogens is 2. The lowest BCUT2D eigenvalue weighted by Crippen LogP contribution is -2.20. The number of nitrogens with one attached hydrogen (secondary N) is 1. The number of urea groups is 1. The molecule has 0 aromatic carbocycles. The molecule has 2 amide bonds. The Hall–Kier alpha value is -2.40. The molecule has 28 heavy (non-hydrogen) atoms. The van der Waals surface area contributed by atoms with Gasteiger partial charge in [0.1, 0.15) is 0 Å². The molecule has 150 valence electrons. The molecule has 0 unspecified atom stereocenters. The van der Waals surface area contributed by atoms with E-state index in [-0.39, 0.29) is 5.03 Å². The van der Waals surface area contributed by atoms with Crippen LogP contribution in [0.2, 0.25) is 0 Å². The molecule has 0 bridgehead atoms. The van der Waals surface area contributed by atoms with Crippen LogP contribution in [0.15, 0.2) is 21.7 Å². The summed E-state index contributed by atoms with van der Waals surface area (Å²) in [5.41, 5.74) is 4.46. The average Bonchev–Trinajstić information content (AvgIpc) is 3.14. The quantitative estimate of drug-likeness (QED) is 0.805. The summed E-state index contributed by atoms with van der Waals surface area (Å²) in [6.07, 6.45) is 5.69.